The van der Waals surface area contributed by atoms with E-state index in [1.807, 2.05) is 32.0 Å². The van der Waals surface area contributed by atoms with Gasteiger partial charge in [-0.2, -0.15) is 4.98 Å². The van der Waals surface area contributed by atoms with Gasteiger partial charge in [0, 0.05) is 5.92 Å². The maximum atomic E-state index is 9.50. The van der Waals surface area contributed by atoms with Gasteiger partial charge in [-0.05, 0) is 24.6 Å². The van der Waals surface area contributed by atoms with Crippen LogP contribution in [0.15, 0.2) is 28.8 Å². The van der Waals surface area contributed by atoms with Crippen LogP contribution in [0.1, 0.15) is 50.1 Å². The Balaban J connectivity index is 1.99. The zero-order valence-corrected chi connectivity index (χ0v) is 11.3. The lowest BCUT2D eigenvalue weighted by molar-refractivity contribution is 0.198. The van der Waals surface area contributed by atoms with Crippen LogP contribution < -0.4 is 4.74 Å². The van der Waals surface area contributed by atoms with Crippen molar-refractivity contribution in [2.75, 3.05) is 0 Å². The first-order chi connectivity index (χ1) is 9.06. The number of aromatic nitrogens is 2. The SMILES string of the molecule is CC(C)c1nc(COc2cccc([C@@H](C)O)c2)no1. The van der Waals surface area contributed by atoms with E-state index in [2.05, 4.69) is 10.1 Å². The second kappa shape index (κ2) is 5.84. The molecule has 0 bridgehead atoms. The van der Waals surface area contributed by atoms with Gasteiger partial charge >= 0.3 is 0 Å². The smallest absolute Gasteiger partial charge is 0.229 e. The lowest BCUT2D eigenvalue weighted by Crippen LogP contribution is -1.99. The molecule has 0 spiro atoms. The highest BCUT2D eigenvalue weighted by Gasteiger charge is 2.10. The molecule has 5 heteroatoms. The minimum atomic E-state index is -0.513. The van der Waals surface area contributed by atoms with Crippen molar-refractivity contribution in [2.24, 2.45) is 0 Å². The van der Waals surface area contributed by atoms with Crippen LogP contribution in [0.4, 0.5) is 0 Å². The van der Waals surface area contributed by atoms with Gasteiger partial charge in [0.15, 0.2) is 6.61 Å². The van der Waals surface area contributed by atoms with E-state index in [-0.39, 0.29) is 12.5 Å². The summed E-state index contributed by atoms with van der Waals surface area (Å²) in [5.41, 5.74) is 0.813. The molecule has 102 valence electrons. The highest BCUT2D eigenvalue weighted by molar-refractivity contribution is 5.29. The summed E-state index contributed by atoms with van der Waals surface area (Å²) < 4.78 is 10.7. The van der Waals surface area contributed by atoms with Crippen LogP contribution in [0, 0.1) is 0 Å². The first kappa shape index (κ1) is 13.5. The van der Waals surface area contributed by atoms with Crippen molar-refractivity contribution in [3.8, 4) is 5.75 Å². The Morgan fingerprint density at radius 1 is 1.32 bits per heavy atom. The molecule has 0 aliphatic rings. The van der Waals surface area contributed by atoms with Gasteiger partial charge in [0.2, 0.25) is 11.7 Å². The predicted octanol–water partition coefficient (Wildman–Crippen LogP) is 2.83. The van der Waals surface area contributed by atoms with E-state index in [0.717, 1.165) is 5.56 Å². The zero-order chi connectivity index (χ0) is 13.8. The summed E-state index contributed by atoms with van der Waals surface area (Å²) in [6.45, 7) is 5.95. The van der Waals surface area contributed by atoms with Gasteiger partial charge in [-0.1, -0.05) is 31.1 Å². The summed E-state index contributed by atoms with van der Waals surface area (Å²) in [6, 6.07) is 7.32. The standard InChI is InChI=1S/C14H18N2O3/c1-9(2)14-15-13(16-19-14)8-18-12-6-4-5-11(7-12)10(3)17/h4-7,9-10,17H,8H2,1-3H3/t10-/m1/s1. The van der Waals surface area contributed by atoms with Crippen LogP contribution in [0.5, 0.6) is 5.75 Å². The number of nitrogens with zero attached hydrogens (tertiary/aromatic N) is 2. The molecule has 1 aromatic heterocycles. The summed E-state index contributed by atoms with van der Waals surface area (Å²) in [6.07, 6.45) is -0.513. The van der Waals surface area contributed by atoms with Crippen molar-refractivity contribution < 1.29 is 14.4 Å². The minimum Gasteiger partial charge on any atom is -0.485 e. The van der Waals surface area contributed by atoms with E-state index in [1.165, 1.54) is 0 Å². The van der Waals surface area contributed by atoms with Gasteiger partial charge in [-0.15, -0.1) is 0 Å². The van der Waals surface area contributed by atoms with Gasteiger partial charge in [-0.3, -0.25) is 0 Å². The fraction of sp³-hybridized carbons (Fsp3) is 0.429. The fourth-order valence-electron chi connectivity index (χ4n) is 1.57. The molecule has 0 amide bonds. The number of rotatable bonds is 5. The Bertz CT molecular complexity index is 535. The lowest BCUT2D eigenvalue weighted by atomic mass is 10.1. The number of hydrogen-bond acceptors (Lipinski definition) is 5. The zero-order valence-electron chi connectivity index (χ0n) is 11.3. The average Bonchev–Trinajstić information content (AvgIpc) is 2.85. The second-order valence-electron chi connectivity index (χ2n) is 4.74. The molecular weight excluding hydrogens is 244 g/mol. The molecule has 0 unspecified atom stereocenters. The molecule has 1 atom stereocenters. The second-order valence-corrected chi connectivity index (χ2v) is 4.74. The van der Waals surface area contributed by atoms with Crippen LogP contribution in [-0.2, 0) is 6.61 Å². The van der Waals surface area contributed by atoms with Crippen LogP contribution in [0.25, 0.3) is 0 Å². The van der Waals surface area contributed by atoms with Crippen molar-refractivity contribution in [1.29, 1.82) is 0 Å². The summed E-state index contributed by atoms with van der Waals surface area (Å²) in [5, 5.41) is 13.4. The van der Waals surface area contributed by atoms with Crippen LogP contribution in [0.2, 0.25) is 0 Å². The molecule has 0 aliphatic carbocycles. The Labute approximate surface area is 112 Å². The molecule has 0 saturated carbocycles. The largest absolute Gasteiger partial charge is 0.485 e. The van der Waals surface area contributed by atoms with Gasteiger partial charge in [0.1, 0.15) is 5.75 Å². The van der Waals surface area contributed by atoms with Gasteiger partial charge < -0.3 is 14.4 Å². The number of aliphatic hydroxyl groups excluding tert-OH is 1. The van der Waals surface area contributed by atoms with Gasteiger partial charge in [-0.25, -0.2) is 0 Å². The first-order valence-corrected chi connectivity index (χ1v) is 6.29. The van der Waals surface area contributed by atoms with Crippen molar-refractivity contribution in [3.05, 3.63) is 41.5 Å². The molecule has 1 aromatic carbocycles. The van der Waals surface area contributed by atoms with Gasteiger partial charge in [0.25, 0.3) is 0 Å². The summed E-state index contributed by atoms with van der Waals surface area (Å²) >= 11 is 0. The van der Waals surface area contributed by atoms with Crippen molar-refractivity contribution >= 4 is 0 Å². The number of ether oxygens (including phenoxy) is 1. The Morgan fingerprint density at radius 3 is 2.74 bits per heavy atom. The fourth-order valence-corrected chi connectivity index (χ4v) is 1.57. The van der Waals surface area contributed by atoms with Crippen molar-refractivity contribution in [1.82, 2.24) is 10.1 Å². The molecular formula is C14H18N2O3. The van der Waals surface area contributed by atoms with E-state index in [4.69, 9.17) is 9.26 Å². The maximum absolute atomic E-state index is 9.50. The normalized spacial score (nSPS) is 12.7. The van der Waals surface area contributed by atoms with E-state index in [9.17, 15) is 5.11 Å². The van der Waals surface area contributed by atoms with Crippen molar-refractivity contribution in [3.63, 3.8) is 0 Å². The maximum Gasteiger partial charge on any atom is 0.229 e. The van der Waals surface area contributed by atoms with Crippen LogP contribution in [0.3, 0.4) is 0 Å². The van der Waals surface area contributed by atoms with Gasteiger partial charge in [0.05, 0.1) is 6.10 Å². The highest BCUT2D eigenvalue weighted by Crippen LogP contribution is 2.19. The molecule has 2 aromatic rings. The molecule has 1 heterocycles. The van der Waals surface area contributed by atoms with E-state index in [1.54, 1.807) is 13.0 Å². The Hall–Kier alpha value is -1.88. The molecule has 0 aliphatic heterocycles. The van der Waals surface area contributed by atoms with Crippen molar-refractivity contribution in [2.45, 2.75) is 39.4 Å². The summed E-state index contributed by atoms with van der Waals surface area (Å²) in [4.78, 5) is 4.23. The quantitative estimate of drug-likeness (QED) is 0.897. The number of aliphatic hydroxyl groups is 1. The van der Waals surface area contributed by atoms with E-state index in [0.29, 0.717) is 17.5 Å². The topological polar surface area (TPSA) is 68.4 Å². The van der Waals surface area contributed by atoms with Crippen LogP contribution in [-0.4, -0.2) is 15.2 Å². The van der Waals surface area contributed by atoms with E-state index >= 15 is 0 Å². The van der Waals surface area contributed by atoms with Crippen LogP contribution >= 0.6 is 0 Å². The third kappa shape index (κ3) is 3.54. The number of benzene rings is 1. The molecule has 5 nitrogen and oxygen atoms in total. The summed E-state index contributed by atoms with van der Waals surface area (Å²) in [7, 11) is 0. The highest BCUT2D eigenvalue weighted by atomic mass is 16.5. The Morgan fingerprint density at radius 2 is 2.11 bits per heavy atom. The first-order valence-electron chi connectivity index (χ1n) is 6.29. The molecule has 1 N–H and O–H groups in total. The Kier molecular flexibility index (Phi) is 4.16. The molecule has 0 saturated heterocycles. The minimum absolute atomic E-state index is 0.208. The molecule has 2 rings (SSSR count). The number of hydrogen-bond donors (Lipinski definition) is 1. The van der Waals surface area contributed by atoms with E-state index < -0.39 is 6.10 Å². The molecule has 19 heavy (non-hydrogen) atoms. The summed E-state index contributed by atoms with van der Waals surface area (Å²) in [5.74, 6) is 2.01. The lowest BCUT2D eigenvalue weighted by Gasteiger charge is -2.07. The third-order valence-corrected chi connectivity index (χ3v) is 2.69. The predicted molar refractivity (Wildman–Crippen MR) is 69.8 cm³/mol. The average molecular weight is 262 g/mol. The third-order valence-electron chi connectivity index (χ3n) is 2.69. The monoisotopic (exact) mass is 262 g/mol. The molecule has 0 radical (unpaired) electrons. The molecule has 0 fully saturated rings.